The molecule has 0 unspecified atom stereocenters. The molecule has 0 saturated carbocycles. The van der Waals surface area contributed by atoms with Crippen molar-refractivity contribution in [3.63, 3.8) is 0 Å². The molecule has 0 radical (unpaired) electrons. The van der Waals surface area contributed by atoms with Crippen LogP contribution in [0, 0.1) is 0 Å². The fourth-order valence-corrected chi connectivity index (χ4v) is 3.23. The summed E-state index contributed by atoms with van der Waals surface area (Å²) in [7, 11) is 1.59. The van der Waals surface area contributed by atoms with E-state index >= 15 is 0 Å². The number of carbonyl (C=O) groups is 1. The summed E-state index contributed by atoms with van der Waals surface area (Å²) in [5.41, 5.74) is 1.53. The first-order chi connectivity index (χ1) is 12.6. The average molecular weight is 355 g/mol. The Morgan fingerprint density at radius 1 is 1.08 bits per heavy atom. The van der Waals surface area contributed by atoms with Crippen molar-refractivity contribution in [2.75, 3.05) is 43.5 Å². The van der Waals surface area contributed by atoms with Crippen molar-refractivity contribution < 1.29 is 14.6 Å². The van der Waals surface area contributed by atoms with Gasteiger partial charge in [0.05, 0.1) is 24.5 Å². The van der Waals surface area contributed by atoms with Crippen LogP contribution in [0.1, 0.15) is 6.92 Å². The van der Waals surface area contributed by atoms with E-state index in [0.29, 0.717) is 17.2 Å². The zero-order valence-corrected chi connectivity index (χ0v) is 15.2. The van der Waals surface area contributed by atoms with Gasteiger partial charge in [-0.2, -0.15) is 0 Å². The quantitative estimate of drug-likeness (QED) is 0.863. The molecule has 1 atom stereocenters. The standard InChI is InChI=1S/C20H25N3O3/c1-15(20(25)21-16-7-3-6-10-19(16)26-2)22-11-13-23(14-12-22)17-8-4-5-9-18(17)24/h3-10,15,24H,11-14H2,1-2H3,(H,21,25)/t15-/m1/s1. The third-order valence-corrected chi connectivity index (χ3v) is 4.83. The number of rotatable bonds is 5. The van der Waals surface area contributed by atoms with Crippen LogP contribution >= 0.6 is 0 Å². The van der Waals surface area contributed by atoms with Crippen LogP contribution in [0.25, 0.3) is 0 Å². The molecule has 2 aromatic rings. The minimum atomic E-state index is -0.244. The monoisotopic (exact) mass is 355 g/mol. The molecule has 0 aromatic heterocycles. The predicted octanol–water partition coefficient (Wildman–Crippen LogP) is 2.55. The Morgan fingerprint density at radius 2 is 1.73 bits per heavy atom. The largest absolute Gasteiger partial charge is 0.506 e. The molecule has 2 aromatic carbocycles. The van der Waals surface area contributed by atoms with E-state index in [2.05, 4.69) is 15.1 Å². The Morgan fingerprint density at radius 3 is 2.42 bits per heavy atom. The first-order valence-corrected chi connectivity index (χ1v) is 8.81. The molecule has 1 amide bonds. The Labute approximate surface area is 154 Å². The molecule has 2 N–H and O–H groups in total. The van der Waals surface area contributed by atoms with Crippen molar-refractivity contribution in [3.8, 4) is 11.5 Å². The number of benzene rings is 2. The van der Waals surface area contributed by atoms with Crippen LogP contribution < -0.4 is 15.0 Å². The van der Waals surface area contributed by atoms with Crippen molar-refractivity contribution in [1.29, 1.82) is 0 Å². The van der Waals surface area contributed by atoms with Gasteiger partial charge in [-0.05, 0) is 31.2 Å². The minimum absolute atomic E-state index is 0.0505. The zero-order valence-electron chi connectivity index (χ0n) is 15.2. The van der Waals surface area contributed by atoms with E-state index in [-0.39, 0.29) is 11.9 Å². The van der Waals surface area contributed by atoms with Crippen molar-refractivity contribution in [2.45, 2.75) is 13.0 Å². The van der Waals surface area contributed by atoms with Crippen molar-refractivity contribution in [3.05, 3.63) is 48.5 Å². The SMILES string of the molecule is COc1ccccc1NC(=O)[C@@H](C)N1CCN(c2ccccc2O)CC1. The van der Waals surface area contributed by atoms with Gasteiger partial charge in [0.2, 0.25) is 5.91 Å². The van der Waals surface area contributed by atoms with Gasteiger partial charge in [0.25, 0.3) is 0 Å². The highest BCUT2D eigenvalue weighted by Crippen LogP contribution is 2.28. The summed E-state index contributed by atoms with van der Waals surface area (Å²) in [5, 5.41) is 13.0. The van der Waals surface area contributed by atoms with E-state index < -0.39 is 0 Å². The summed E-state index contributed by atoms with van der Waals surface area (Å²) in [6.45, 7) is 4.97. The van der Waals surface area contributed by atoms with E-state index in [1.54, 1.807) is 13.2 Å². The lowest BCUT2D eigenvalue weighted by Crippen LogP contribution is -2.52. The van der Waals surface area contributed by atoms with E-state index in [4.69, 9.17) is 4.74 Å². The number of para-hydroxylation sites is 4. The third kappa shape index (κ3) is 3.91. The Bertz CT molecular complexity index is 757. The highest BCUT2D eigenvalue weighted by molar-refractivity contribution is 5.95. The molecule has 1 heterocycles. The number of piperazine rings is 1. The first kappa shape index (κ1) is 18.1. The van der Waals surface area contributed by atoms with Crippen LogP contribution in [0.4, 0.5) is 11.4 Å². The summed E-state index contributed by atoms with van der Waals surface area (Å²) >= 11 is 0. The Balaban J connectivity index is 1.59. The Kier molecular flexibility index (Phi) is 5.63. The Hall–Kier alpha value is -2.73. The normalized spacial score (nSPS) is 16.2. The number of hydrogen-bond acceptors (Lipinski definition) is 5. The summed E-state index contributed by atoms with van der Waals surface area (Å²) in [4.78, 5) is 16.9. The highest BCUT2D eigenvalue weighted by Gasteiger charge is 2.26. The molecule has 1 aliphatic rings. The average Bonchev–Trinajstić information content (AvgIpc) is 2.68. The fourth-order valence-electron chi connectivity index (χ4n) is 3.23. The molecule has 0 bridgehead atoms. The summed E-state index contributed by atoms with van der Waals surface area (Å²) in [5.74, 6) is 0.894. The van der Waals surface area contributed by atoms with Gasteiger partial charge in [-0.15, -0.1) is 0 Å². The van der Waals surface area contributed by atoms with E-state index in [9.17, 15) is 9.90 Å². The predicted molar refractivity (Wildman–Crippen MR) is 103 cm³/mol. The molecule has 1 fully saturated rings. The van der Waals surface area contributed by atoms with Gasteiger partial charge < -0.3 is 20.1 Å². The molecule has 1 aliphatic heterocycles. The van der Waals surface area contributed by atoms with Crippen LogP contribution in [0.3, 0.4) is 0 Å². The minimum Gasteiger partial charge on any atom is -0.506 e. The maximum atomic E-state index is 12.6. The van der Waals surface area contributed by atoms with Crippen molar-refractivity contribution >= 4 is 17.3 Å². The summed E-state index contributed by atoms with van der Waals surface area (Å²) < 4.78 is 5.29. The third-order valence-electron chi connectivity index (χ3n) is 4.83. The molecule has 6 heteroatoms. The topological polar surface area (TPSA) is 65.0 Å². The van der Waals surface area contributed by atoms with Gasteiger partial charge in [0, 0.05) is 26.2 Å². The lowest BCUT2D eigenvalue weighted by atomic mass is 10.2. The van der Waals surface area contributed by atoms with Gasteiger partial charge >= 0.3 is 0 Å². The molecular weight excluding hydrogens is 330 g/mol. The smallest absolute Gasteiger partial charge is 0.241 e. The van der Waals surface area contributed by atoms with Crippen LogP contribution in [0.2, 0.25) is 0 Å². The molecule has 3 rings (SSSR count). The molecule has 26 heavy (non-hydrogen) atoms. The van der Waals surface area contributed by atoms with Gasteiger partial charge in [-0.1, -0.05) is 24.3 Å². The number of anilines is 2. The first-order valence-electron chi connectivity index (χ1n) is 8.81. The van der Waals surface area contributed by atoms with E-state index in [1.807, 2.05) is 49.4 Å². The number of ether oxygens (including phenoxy) is 1. The molecular formula is C20H25N3O3. The number of nitrogens with zero attached hydrogens (tertiary/aromatic N) is 2. The maximum Gasteiger partial charge on any atom is 0.241 e. The van der Waals surface area contributed by atoms with Crippen LogP contribution in [0.15, 0.2) is 48.5 Å². The number of methoxy groups -OCH3 is 1. The number of amides is 1. The second kappa shape index (κ2) is 8.10. The second-order valence-electron chi connectivity index (χ2n) is 6.38. The number of carbonyl (C=O) groups excluding carboxylic acids is 1. The maximum absolute atomic E-state index is 12.6. The van der Waals surface area contributed by atoms with Crippen LogP contribution in [-0.4, -0.2) is 55.2 Å². The number of phenolic OH excluding ortho intramolecular Hbond substituents is 1. The van der Waals surface area contributed by atoms with Crippen LogP contribution in [-0.2, 0) is 4.79 Å². The zero-order chi connectivity index (χ0) is 18.5. The van der Waals surface area contributed by atoms with Crippen molar-refractivity contribution in [2.24, 2.45) is 0 Å². The van der Waals surface area contributed by atoms with E-state index in [0.717, 1.165) is 31.9 Å². The second-order valence-corrected chi connectivity index (χ2v) is 6.38. The summed E-state index contributed by atoms with van der Waals surface area (Å²) in [6.07, 6.45) is 0. The van der Waals surface area contributed by atoms with Gasteiger partial charge in [0.15, 0.2) is 0 Å². The van der Waals surface area contributed by atoms with Gasteiger partial charge in [-0.25, -0.2) is 0 Å². The number of aromatic hydroxyl groups is 1. The molecule has 1 saturated heterocycles. The number of nitrogens with one attached hydrogen (secondary N) is 1. The van der Waals surface area contributed by atoms with Gasteiger partial charge in [-0.3, -0.25) is 9.69 Å². The lowest BCUT2D eigenvalue weighted by Gasteiger charge is -2.38. The lowest BCUT2D eigenvalue weighted by molar-refractivity contribution is -0.120. The van der Waals surface area contributed by atoms with Gasteiger partial charge in [0.1, 0.15) is 11.5 Å². The highest BCUT2D eigenvalue weighted by atomic mass is 16.5. The molecule has 0 spiro atoms. The van der Waals surface area contributed by atoms with E-state index in [1.165, 1.54) is 0 Å². The molecule has 138 valence electrons. The fraction of sp³-hybridized carbons (Fsp3) is 0.350. The van der Waals surface area contributed by atoms with Crippen molar-refractivity contribution in [1.82, 2.24) is 4.90 Å². The molecule has 6 nitrogen and oxygen atoms in total. The summed E-state index contributed by atoms with van der Waals surface area (Å²) in [6, 6.07) is 14.5. The number of phenols is 1. The number of hydrogen-bond donors (Lipinski definition) is 2. The van der Waals surface area contributed by atoms with Crippen LogP contribution in [0.5, 0.6) is 11.5 Å². The molecule has 0 aliphatic carbocycles.